The summed E-state index contributed by atoms with van der Waals surface area (Å²) in [7, 11) is 5.07. The summed E-state index contributed by atoms with van der Waals surface area (Å²) in [5, 5.41) is 0. The normalized spacial score (nSPS) is 11.9. The summed E-state index contributed by atoms with van der Waals surface area (Å²) < 4.78 is 9.63. The quantitative estimate of drug-likeness (QED) is 0.470. The Bertz CT molecular complexity index is 214. The largest absolute Gasteiger partial charge is 0.466 e. The molecule has 0 aliphatic heterocycles. The summed E-state index contributed by atoms with van der Waals surface area (Å²) >= 11 is 0. The number of likely N-dealkylation sites (N-methyl/N-ethyl adjacent to an activating group) is 1. The third-order valence-electron chi connectivity index (χ3n) is 2.15. The van der Waals surface area contributed by atoms with Gasteiger partial charge >= 0.3 is 5.97 Å². The summed E-state index contributed by atoms with van der Waals surface area (Å²) in [5.41, 5.74) is 0.724. The molecule has 15 heavy (non-hydrogen) atoms. The van der Waals surface area contributed by atoms with Crippen LogP contribution in [0.4, 0.5) is 0 Å². The molecule has 88 valence electrons. The van der Waals surface area contributed by atoms with E-state index in [1.165, 1.54) is 7.11 Å². The van der Waals surface area contributed by atoms with Crippen LogP contribution < -0.4 is 0 Å². The van der Waals surface area contributed by atoms with E-state index in [-0.39, 0.29) is 5.97 Å². The summed E-state index contributed by atoms with van der Waals surface area (Å²) in [6, 6.07) is 0. The van der Waals surface area contributed by atoms with Crippen molar-refractivity contribution in [3.05, 3.63) is 11.6 Å². The van der Waals surface area contributed by atoms with E-state index in [9.17, 15) is 4.79 Å². The Hall–Kier alpha value is -0.870. The summed E-state index contributed by atoms with van der Waals surface area (Å²) in [5.74, 6) is -0.238. The van der Waals surface area contributed by atoms with Gasteiger partial charge in [-0.2, -0.15) is 0 Å². The van der Waals surface area contributed by atoms with Gasteiger partial charge in [0.05, 0.1) is 13.7 Å². The average molecular weight is 215 g/mol. The number of methoxy groups -OCH3 is 2. The van der Waals surface area contributed by atoms with E-state index in [1.54, 1.807) is 7.11 Å². The van der Waals surface area contributed by atoms with Crippen molar-refractivity contribution in [2.45, 2.75) is 13.3 Å². The van der Waals surface area contributed by atoms with Crippen molar-refractivity contribution >= 4 is 5.97 Å². The second kappa shape index (κ2) is 8.44. The second-order valence-corrected chi connectivity index (χ2v) is 3.33. The Balaban J connectivity index is 4.04. The smallest absolute Gasteiger partial charge is 0.333 e. The molecule has 0 saturated carbocycles. The highest BCUT2D eigenvalue weighted by molar-refractivity contribution is 5.88. The fraction of sp³-hybridized carbons (Fsp3) is 0.727. The number of esters is 1. The van der Waals surface area contributed by atoms with Crippen LogP contribution in [0.25, 0.3) is 0 Å². The molecule has 0 radical (unpaired) electrons. The Morgan fingerprint density at radius 3 is 2.53 bits per heavy atom. The maximum atomic E-state index is 11.2. The monoisotopic (exact) mass is 215 g/mol. The van der Waals surface area contributed by atoms with Gasteiger partial charge in [-0.05, 0) is 13.5 Å². The zero-order valence-corrected chi connectivity index (χ0v) is 10.1. The predicted molar refractivity (Wildman–Crippen MR) is 59.8 cm³/mol. The lowest BCUT2D eigenvalue weighted by Gasteiger charge is -2.14. The van der Waals surface area contributed by atoms with Crippen molar-refractivity contribution in [2.75, 3.05) is 41.0 Å². The highest BCUT2D eigenvalue weighted by Crippen LogP contribution is 2.03. The number of carbonyl (C=O) groups is 1. The molecule has 0 aromatic carbocycles. The van der Waals surface area contributed by atoms with Crippen molar-refractivity contribution < 1.29 is 14.3 Å². The van der Waals surface area contributed by atoms with Crippen LogP contribution in [0.1, 0.15) is 13.3 Å². The fourth-order valence-corrected chi connectivity index (χ4v) is 1.11. The van der Waals surface area contributed by atoms with Crippen molar-refractivity contribution in [3.63, 3.8) is 0 Å². The van der Waals surface area contributed by atoms with Crippen LogP contribution in [0.15, 0.2) is 11.6 Å². The van der Waals surface area contributed by atoms with Crippen molar-refractivity contribution in [1.29, 1.82) is 0 Å². The molecule has 0 aliphatic rings. The number of ether oxygens (including phenoxy) is 2. The van der Waals surface area contributed by atoms with E-state index in [0.717, 1.165) is 18.7 Å². The first-order chi connectivity index (χ1) is 7.15. The van der Waals surface area contributed by atoms with Gasteiger partial charge in [-0.25, -0.2) is 4.79 Å². The second-order valence-electron chi connectivity index (χ2n) is 3.33. The van der Waals surface area contributed by atoms with E-state index >= 15 is 0 Å². The molecule has 0 atom stereocenters. The molecule has 0 saturated heterocycles. The minimum atomic E-state index is -0.238. The Kier molecular flexibility index (Phi) is 7.95. The number of rotatable bonds is 7. The number of nitrogens with zero attached hydrogens (tertiary/aromatic N) is 1. The molecule has 0 spiro atoms. The van der Waals surface area contributed by atoms with Crippen LogP contribution >= 0.6 is 0 Å². The fourth-order valence-electron chi connectivity index (χ4n) is 1.11. The lowest BCUT2D eigenvalue weighted by atomic mass is 10.2. The minimum Gasteiger partial charge on any atom is -0.466 e. The third-order valence-corrected chi connectivity index (χ3v) is 2.15. The molecule has 0 aromatic rings. The first kappa shape index (κ1) is 14.1. The first-order valence-electron chi connectivity index (χ1n) is 5.10. The first-order valence-corrected chi connectivity index (χ1v) is 5.10. The molecule has 0 unspecified atom stereocenters. The van der Waals surface area contributed by atoms with Gasteiger partial charge in [0.25, 0.3) is 0 Å². The molecule has 0 bridgehead atoms. The van der Waals surface area contributed by atoms with Gasteiger partial charge in [0.1, 0.15) is 0 Å². The van der Waals surface area contributed by atoms with Crippen molar-refractivity contribution in [3.8, 4) is 0 Å². The van der Waals surface area contributed by atoms with Gasteiger partial charge < -0.3 is 14.4 Å². The SMILES string of the molecule is CCC(=CCN(C)CCOC)C(=O)OC. The number of hydrogen-bond acceptors (Lipinski definition) is 4. The molecule has 0 rings (SSSR count). The Morgan fingerprint density at radius 2 is 2.07 bits per heavy atom. The van der Waals surface area contributed by atoms with E-state index in [1.807, 2.05) is 20.0 Å². The third kappa shape index (κ3) is 6.25. The number of hydrogen-bond donors (Lipinski definition) is 0. The highest BCUT2D eigenvalue weighted by Gasteiger charge is 2.06. The van der Waals surface area contributed by atoms with Gasteiger partial charge in [0.15, 0.2) is 0 Å². The number of carbonyl (C=O) groups excluding carboxylic acids is 1. The van der Waals surface area contributed by atoms with E-state index in [2.05, 4.69) is 9.64 Å². The lowest BCUT2D eigenvalue weighted by Crippen LogP contribution is -2.23. The average Bonchev–Trinajstić information content (AvgIpc) is 2.26. The molecule has 4 nitrogen and oxygen atoms in total. The summed E-state index contributed by atoms with van der Waals surface area (Å²) in [6.45, 7) is 4.23. The molecule has 0 amide bonds. The lowest BCUT2D eigenvalue weighted by molar-refractivity contribution is -0.136. The molecular weight excluding hydrogens is 194 g/mol. The zero-order valence-electron chi connectivity index (χ0n) is 10.1. The topological polar surface area (TPSA) is 38.8 Å². The van der Waals surface area contributed by atoms with Crippen LogP contribution in [0, 0.1) is 0 Å². The van der Waals surface area contributed by atoms with Gasteiger partial charge in [-0.3, -0.25) is 0 Å². The summed E-state index contributed by atoms with van der Waals surface area (Å²) in [4.78, 5) is 13.3. The van der Waals surface area contributed by atoms with Crippen molar-refractivity contribution in [2.24, 2.45) is 0 Å². The zero-order chi connectivity index (χ0) is 11.7. The van der Waals surface area contributed by atoms with Gasteiger partial charge in [0.2, 0.25) is 0 Å². The molecule has 0 aliphatic carbocycles. The molecular formula is C11H21NO3. The van der Waals surface area contributed by atoms with Crippen LogP contribution in [-0.4, -0.2) is 51.8 Å². The Morgan fingerprint density at radius 1 is 1.40 bits per heavy atom. The molecule has 0 fully saturated rings. The highest BCUT2D eigenvalue weighted by atomic mass is 16.5. The molecule has 0 heterocycles. The summed E-state index contributed by atoms with van der Waals surface area (Å²) in [6.07, 6.45) is 2.60. The van der Waals surface area contributed by atoms with Crippen LogP contribution in [-0.2, 0) is 14.3 Å². The molecule has 0 N–H and O–H groups in total. The maximum absolute atomic E-state index is 11.2. The molecule has 4 heteroatoms. The predicted octanol–water partition coefficient (Wildman–Crippen LogP) is 1.07. The van der Waals surface area contributed by atoms with Crippen LogP contribution in [0.3, 0.4) is 0 Å². The van der Waals surface area contributed by atoms with Gasteiger partial charge in [-0.15, -0.1) is 0 Å². The van der Waals surface area contributed by atoms with Gasteiger partial charge in [0, 0.05) is 25.8 Å². The van der Waals surface area contributed by atoms with E-state index in [0.29, 0.717) is 13.0 Å². The van der Waals surface area contributed by atoms with Crippen LogP contribution in [0.5, 0.6) is 0 Å². The minimum absolute atomic E-state index is 0.238. The van der Waals surface area contributed by atoms with Crippen molar-refractivity contribution in [1.82, 2.24) is 4.90 Å². The maximum Gasteiger partial charge on any atom is 0.333 e. The van der Waals surface area contributed by atoms with E-state index < -0.39 is 0 Å². The Labute approximate surface area is 91.8 Å². The molecule has 0 aromatic heterocycles. The van der Waals surface area contributed by atoms with Gasteiger partial charge in [-0.1, -0.05) is 13.0 Å². The van der Waals surface area contributed by atoms with Crippen LogP contribution in [0.2, 0.25) is 0 Å². The van der Waals surface area contributed by atoms with E-state index in [4.69, 9.17) is 4.74 Å². The standard InChI is InChI=1S/C11H21NO3/c1-5-10(11(13)15-4)6-7-12(2)8-9-14-3/h6H,5,7-9H2,1-4H3.